The van der Waals surface area contributed by atoms with Gasteiger partial charge in [0.25, 0.3) is 0 Å². The van der Waals surface area contributed by atoms with Crippen LogP contribution in [0.25, 0.3) is 28.0 Å². The molecule has 0 fully saturated rings. The molecule has 5 aromatic carbocycles. The van der Waals surface area contributed by atoms with E-state index < -0.39 is 22.8 Å². The standard InChI is InChI=1S/C39H32ClF3O5/c1-20-17-27-30-26-19-29(44)36(47-6)34(40)31(26)35-25(33(30)37(2,3)32(27)28(18-20)39(41,42)43)15-16-38(48-35,21-7-11-23(45-4)12-8-21)22-9-13-24(46-5)14-10-22/h7-19,44H,1-6H3. The second-order valence-electron chi connectivity index (χ2n) is 12.6. The maximum absolute atomic E-state index is 14.7. The van der Waals surface area contributed by atoms with Crippen LogP contribution >= 0.6 is 11.6 Å². The molecule has 0 saturated carbocycles. The van der Waals surface area contributed by atoms with Gasteiger partial charge in [0.2, 0.25) is 0 Å². The van der Waals surface area contributed by atoms with E-state index in [-0.39, 0.29) is 22.1 Å². The van der Waals surface area contributed by atoms with Gasteiger partial charge in [-0.15, -0.1) is 0 Å². The van der Waals surface area contributed by atoms with E-state index in [9.17, 15) is 18.3 Å². The molecule has 1 aliphatic heterocycles. The number of alkyl halides is 3. The van der Waals surface area contributed by atoms with E-state index in [4.69, 9.17) is 30.5 Å². The highest BCUT2D eigenvalue weighted by Gasteiger charge is 2.49. The number of fused-ring (bicyclic) bond motifs is 8. The molecular formula is C39H32ClF3O5. The molecule has 2 aliphatic rings. The maximum Gasteiger partial charge on any atom is 0.416 e. The minimum absolute atomic E-state index is 0.0293. The van der Waals surface area contributed by atoms with Crippen LogP contribution in [0.3, 0.4) is 0 Å². The second kappa shape index (κ2) is 10.9. The summed E-state index contributed by atoms with van der Waals surface area (Å²) in [6, 6.07) is 19.4. The number of methoxy groups -OCH3 is 3. The second-order valence-corrected chi connectivity index (χ2v) is 13.0. The fraction of sp³-hybridized carbons (Fsp3) is 0.231. The van der Waals surface area contributed by atoms with Crippen LogP contribution in [0.4, 0.5) is 13.2 Å². The van der Waals surface area contributed by atoms with E-state index in [0.717, 1.165) is 11.1 Å². The molecule has 246 valence electrons. The third-order valence-electron chi connectivity index (χ3n) is 9.56. The van der Waals surface area contributed by atoms with Crippen molar-refractivity contribution < 1.29 is 37.2 Å². The third kappa shape index (κ3) is 4.45. The number of hydrogen-bond donors (Lipinski definition) is 1. The van der Waals surface area contributed by atoms with Gasteiger partial charge in [0, 0.05) is 27.5 Å². The average Bonchev–Trinajstić information content (AvgIpc) is 3.30. The number of benzene rings is 5. The monoisotopic (exact) mass is 672 g/mol. The zero-order chi connectivity index (χ0) is 34.3. The van der Waals surface area contributed by atoms with Crippen LogP contribution in [0.15, 0.2) is 72.8 Å². The number of hydrogen-bond acceptors (Lipinski definition) is 5. The average molecular weight is 673 g/mol. The summed E-state index contributed by atoms with van der Waals surface area (Å²) in [6.45, 7) is 5.24. The van der Waals surface area contributed by atoms with E-state index >= 15 is 0 Å². The van der Waals surface area contributed by atoms with E-state index in [1.165, 1.54) is 19.2 Å². The highest BCUT2D eigenvalue weighted by atomic mass is 35.5. The Morgan fingerprint density at radius 3 is 1.92 bits per heavy atom. The van der Waals surface area contributed by atoms with E-state index in [1.54, 1.807) is 41.1 Å². The highest BCUT2D eigenvalue weighted by molar-refractivity contribution is 6.39. The summed E-state index contributed by atoms with van der Waals surface area (Å²) < 4.78 is 67.7. The van der Waals surface area contributed by atoms with Crippen LogP contribution in [0.2, 0.25) is 5.02 Å². The summed E-state index contributed by atoms with van der Waals surface area (Å²) in [5.74, 6) is 1.46. The lowest BCUT2D eigenvalue weighted by Gasteiger charge is -2.38. The summed E-state index contributed by atoms with van der Waals surface area (Å²) in [7, 11) is 4.57. The van der Waals surface area contributed by atoms with Crippen molar-refractivity contribution >= 4 is 28.4 Å². The summed E-state index contributed by atoms with van der Waals surface area (Å²) >= 11 is 7.08. The van der Waals surface area contributed by atoms with Crippen molar-refractivity contribution in [2.24, 2.45) is 0 Å². The van der Waals surface area contributed by atoms with Gasteiger partial charge in [0.05, 0.1) is 31.9 Å². The molecule has 1 N–H and O–H groups in total. The van der Waals surface area contributed by atoms with Crippen LogP contribution in [-0.4, -0.2) is 26.4 Å². The molecule has 1 aliphatic carbocycles. The molecule has 0 aromatic heterocycles. The quantitative estimate of drug-likeness (QED) is 0.201. The fourth-order valence-electron chi connectivity index (χ4n) is 7.50. The predicted molar refractivity (Wildman–Crippen MR) is 181 cm³/mol. The molecule has 5 nitrogen and oxygen atoms in total. The molecule has 0 radical (unpaired) electrons. The Kier molecular flexibility index (Phi) is 7.18. The lowest BCUT2D eigenvalue weighted by atomic mass is 9.75. The molecule has 1 heterocycles. The van der Waals surface area contributed by atoms with Crippen molar-refractivity contribution in [3.63, 3.8) is 0 Å². The SMILES string of the molecule is COc1ccc(C2(c3ccc(OC)cc3)C=Cc3c4c(c5cc(O)c(OC)c(Cl)c5c3O2)-c2cc(C)cc(C(F)(F)F)c2C4(C)C)cc1. The molecular weight excluding hydrogens is 641 g/mol. The number of phenolic OH excluding ortho intramolecular Hbond substituents is 1. The Morgan fingerprint density at radius 2 is 1.40 bits per heavy atom. The molecule has 0 unspecified atom stereocenters. The number of aromatic hydroxyl groups is 1. The van der Waals surface area contributed by atoms with Crippen LogP contribution < -0.4 is 18.9 Å². The highest BCUT2D eigenvalue weighted by Crippen LogP contribution is 2.62. The number of halogens is 4. The van der Waals surface area contributed by atoms with Crippen LogP contribution in [-0.2, 0) is 17.2 Å². The molecule has 7 rings (SSSR count). The van der Waals surface area contributed by atoms with Crippen molar-refractivity contribution in [3.8, 4) is 39.9 Å². The Labute approximate surface area is 281 Å². The molecule has 48 heavy (non-hydrogen) atoms. The van der Waals surface area contributed by atoms with Gasteiger partial charge in [-0.25, -0.2) is 0 Å². The Hall–Kier alpha value is -4.82. The van der Waals surface area contributed by atoms with Gasteiger partial charge in [-0.05, 0) is 82.6 Å². The van der Waals surface area contributed by atoms with Gasteiger partial charge in [-0.3, -0.25) is 0 Å². The van der Waals surface area contributed by atoms with Crippen LogP contribution in [0.5, 0.6) is 28.7 Å². The topological polar surface area (TPSA) is 57.2 Å². The largest absolute Gasteiger partial charge is 0.504 e. The number of phenols is 1. The minimum atomic E-state index is -4.60. The first-order valence-electron chi connectivity index (χ1n) is 15.3. The van der Waals surface area contributed by atoms with Gasteiger partial charge in [0.1, 0.15) is 17.2 Å². The first-order valence-corrected chi connectivity index (χ1v) is 15.6. The van der Waals surface area contributed by atoms with Gasteiger partial charge in [-0.2, -0.15) is 13.2 Å². The molecule has 0 spiro atoms. The summed E-state index contributed by atoms with van der Waals surface area (Å²) in [6.07, 6.45) is -0.765. The van der Waals surface area contributed by atoms with Crippen molar-refractivity contribution in [2.45, 2.75) is 38.0 Å². The molecule has 0 bridgehead atoms. The van der Waals surface area contributed by atoms with Crippen molar-refractivity contribution in [1.82, 2.24) is 0 Å². The zero-order valence-electron chi connectivity index (χ0n) is 27.1. The molecule has 0 saturated heterocycles. The van der Waals surface area contributed by atoms with Crippen molar-refractivity contribution in [1.29, 1.82) is 0 Å². The van der Waals surface area contributed by atoms with Gasteiger partial charge >= 0.3 is 6.18 Å². The Balaban J connectivity index is 1.62. The van der Waals surface area contributed by atoms with E-state index in [0.29, 0.717) is 55.8 Å². The number of ether oxygens (including phenoxy) is 4. The first kappa shape index (κ1) is 31.8. The van der Waals surface area contributed by atoms with Crippen LogP contribution in [0.1, 0.15) is 52.8 Å². The summed E-state index contributed by atoms with van der Waals surface area (Å²) in [4.78, 5) is 0. The van der Waals surface area contributed by atoms with Crippen LogP contribution in [0, 0.1) is 6.92 Å². The Bertz CT molecular complexity index is 2100. The molecule has 0 amide bonds. The lowest BCUT2D eigenvalue weighted by molar-refractivity contribution is -0.138. The van der Waals surface area contributed by atoms with Gasteiger partial charge < -0.3 is 24.1 Å². The van der Waals surface area contributed by atoms with E-state index in [1.807, 2.05) is 60.7 Å². The lowest BCUT2D eigenvalue weighted by Crippen LogP contribution is -2.35. The fourth-order valence-corrected chi connectivity index (χ4v) is 7.86. The first-order chi connectivity index (χ1) is 22.8. The summed E-state index contributed by atoms with van der Waals surface area (Å²) in [5.41, 5.74) is 1.38. The van der Waals surface area contributed by atoms with E-state index in [2.05, 4.69) is 0 Å². The third-order valence-corrected chi connectivity index (χ3v) is 9.92. The zero-order valence-corrected chi connectivity index (χ0v) is 27.9. The Morgan fingerprint density at radius 1 is 0.812 bits per heavy atom. The smallest absolute Gasteiger partial charge is 0.416 e. The number of rotatable bonds is 5. The molecule has 9 heteroatoms. The van der Waals surface area contributed by atoms with Crippen molar-refractivity contribution in [3.05, 3.63) is 117 Å². The molecule has 5 aromatic rings. The van der Waals surface area contributed by atoms with Gasteiger partial charge in [0.15, 0.2) is 17.1 Å². The summed E-state index contributed by atoms with van der Waals surface area (Å²) in [5, 5.41) is 12.1. The normalized spacial score (nSPS) is 15.4. The number of aryl methyl sites for hydroxylation is 1. The molecule has 0 atom stereocenters. The predicted octanol–water partition coefficient (Wildman–Crippen LogP) is 10.2. The minimum Gasteiger partial charge on any atom is -0.504 e. The maximum atomic E-state index is 14.7. The van der Waals surface area contributed by atoms with Gasteiger partial charge in [-0.1, -0.05) is 61.9 Å². The van der Waals surface area contributed by atoms with Crippen molar-refractivity contribution in [2.75, 3.05) is 21.3 Å².